The first-order valence-corrected chi connectivity index (χ1v) is 6.11. The van der Waals surface area contributed by atoms with Crippen LogP contribution in [0.15, 0.2) is 67.1 Å². The van der Waals surface area contributed by atoms with E-state index in [1.807, 2.05) is 30.3 Å². The Morgan fingerprint density at radius 2 is 1.70 bits per heavy atom. The smallest absolute Gasteiger partial charge is 0.145 e. The van der Waals surface area contributed by atoms with Gasteiger partial charge in [0.1, 0.15) is 17.3 Å². The van der Waals surface area contributed by atoms with Gasteiger partial charge in [0.15, 0.2) is 0 Å². The molecule has 3 aromatic rings. The Morgan fingerprint density at radius 1 is 0.850 bits per heavy atom. The summed E-state index contributed by atoms with van der Waals surface area (Å²) >= 11 is 0. The first-order valence-electron chi connectivity index (χ1n) is 6.11. The molecule has 0 spiro atoms. The van der Waals surface area contributed by atoms with Crippen molar-refractivity contribution in [2.75, 3.05) is 0 Å². The van der Waals surface area contributed by atoms with Gasteiger partial charge in [-0.05, 0) is 30.3 Å². The number of rotatable bonds is 3. The molecule has 0 aliphatic rings. The van der Waals surface area contributed by atoms with Crippen LogP contribution in [0.4, 0.5) is 4.39 Å². The first kappa shape index (κ1) is 12.3. The molecule has 3 rings (SSSR count). The molecule has 0 aliphatic carbocycles. The summed E-state index contributed by atoms with van der Waals surface area (Å²) < 4.78 is 18.7. The van der Waals surface area contributed by atoms with Crippen molar-refractivity contribution >= 4 is 0 Å². The number of aromatic nitrogens is 2. The van der Waals surface area contributed by atoms with E-state index in [-0.39, 0.29) is 5.82 Å². The zero-order chi connectivity index (χ0) is 13.8. The number of ether oxygens (including phenoxy) is 1. The van der Waals surface area contributed by atoms with Crippen LogP contribution in [-0.2, 0) is 0 Å². The molecular formula is C16H11FN2O. The molecule has 98 valence electrons. The quantitative estimate of drug-likeness (QED) is 0.716. The minimum Gasteiger partial charge on any atom is -0.456 e. The van der Waals surface area contributed by atoms with Gasteiger partial charge in [0.05, 0.1) is 18.1 Å². The third kappa shape index (κ3) is 2.80. The van der Waals surface area contributed by atoms with Crippen LogP contribution in [-0.4, -0.2) is 9.97 Å². The van der Waals surface area contributed by atoms with Crippen molar-refractivity contribution in [3.63, 3.8) is 0 Å². The van der Waals surface area contributed by atoms with Gasteiger partial charge in [-0.25, -0.2) is 4.39 Å². The summed E-state index contributed by atoms with van der Waals surface area (Å²) in [5.74, 6) is 0.993. The lowest BCUT2D eigenvalue weighted by molar-refractivity contribution is 0.480. The minimum atomic E-state index is -0.381. The Labute approximate surface area is 115 Å². The van der Waals surface area contributed by atoms with Crippen LogP contribution in [0.5, 0.6) is 11.5 Å². The van der Waals surface area contributed by atoms with Gasteiger partial charge in [0.2, 0.25) is 0 Å². The zero-order valence-electron chi connectivity index (χ0n) is 10.5. The monoisotopic (exact) mass is 266 g/mol. The summed E-state index contributed by atoms with van der Waals surface area (Å²) in [6.07, 6.45) is 4.34. The maximum Gasteiger partial charge on any atom is 0.145 e. The zero-order valence-corrected chi connectivity index (χ0v) is 10.5. The van der Waals surface area contributed by atoms with Gasteiger partial charge in [0, 0.05) is 11.8 Å². The first-order chi connectivity index (χ1) is 9.81. The number of nitrogens with zero attached hydrogens (tertiary/aromatic N) is 2. The highest BCUT2D eigenvalue weighted by molar-refractivity contribution is 5.58. The summed E-state index contributed by atoms with van der Waals surface area (Å²) in [5, 5.41) is 0. The highest BCUT2D eigenvalue weighted by atomic mass is 19.1. The van der Waals surface area contributed by atoms with Crippen molar-refractivity contribution in [1.82, 2.24) is 9.97 Å². The SMILES string of the molecule is Fc1cncc(-c2ccc(Oc3ccccc3)cn2)c1. The lowest BCUT2D eigenvalue weighted by atomic mass is 10.2. The number of hydrogen-bond donors (Lipinski definition) is 0. The van der Waals surface area contributed by atoms with E-state index < -0.39 is 0 Å². The van der Waals surface area contributed by atoms with E-state index in [1.54, 1.807) is 24.5 Å². The maximum atomic E-state index is 13.1. The largest absolute Gasteiger partial charge is 0.456 e. The van der Waals surface area contributed by atoms with E-state index in [0.717, 1.165) is 11.9 Å². The third-order valence-corrected chi connectivity index (χ3v) is 2.72. The molecule has 20 heavy (non-hydrogen) atoms. The molecule has 0 bridgehead atoms. The van der Waals surface area contributed by atoms with Gasteiger partial charge in [-0.1, -0.05) is 18.2 Å². The minimum absolute atomic E-state index is 0.381. The Hall–Kier alpha value is -2.75. The predicted molar refractivity (Wildman–Crippen MR) is 73.9 cm³/mol. The molecule has 2 heterocycles. The molecule has 0 fully saturated rings. The fourth-order valence-corrected chi connectivity index (χ4v) is 1.79. The average molecular weight is 266 g/mol. The maximum absolute atomic E-state index is 13.1. The van der Waals surface area contributed by atoms with Crippen LogP contribution in [0.3, 0.4) is 0 Å². The summed E-state index contributed by atoms with van der Waals surface area (Å²) in [6.45, 7) is 0. The summed E-state index contributed by atoms with van der Waals surface area (Å²) in [6, 6.07) is 14.4. The Kier molecular flexibility index (Phi) is 3.37. The molecule has 0 saturated carbocycles. The van der Waals surface area contributed by atoms with Crippen molar-refractivity contribution in [2.45, 2.75) is 0 Å². The predicted octanol–water partition coefficient (Wildman–Crippen LogP) is 4.08. The molecule has 0 unspecified atom stereocenters. The molecule has 0 atom stereocenters. The van der Waals surface area contributed by atoms with Crippen LogP contribution in [0, 0.1) is 5.82 Å². The van der Waals surface area contributed by atoms with Crippen molar-refractivity contribution in [3.05, 3.63) is 72.9 Å². The van der Waals surface area contributed by atoms with Crippen LogP contribution in [0.1, 0.15) is 0 Å². The molecule has 0 N–H and O–H groups in total. The number of para-hydroxylation sites is 1. The van der Waals surface area contributed by atoms with Crippen LogP contribution < -0.4 is 4.74 Å². The fourth-order valence-electron chi connectivity index (χ4n) is 1.79. The highest BCUT2D eigenvalue weighted by Crippen LogP contribution is 2.23. The number of halogens is 1. The van der Waals surface area contributed by atoms with E-state index in [9.17, 15) is 4.39 Å². The molecule has 0 saturated heterocycles. The van der Waals surface area contributed by atoms with Crippen LogP contribution >= 0.6 is 0 Å². The normalized spacial score (nSPS) is 10.2. The molecule has 0 radical (unpaired) electrons. The molecule has 0 aliphatic heterocycles. The second kappa shape index (κ2) is 5.48. The topological polar surface area (TPSA) is 35.0 Å². The number of pyridine rings is 2. The fraction of sp³-hybridized carbons (Fsp3) is 0. The van der Waals surface area contributed by atoms with Gasteiger partial charge in [-0.15, -0.1) is 0 Å². The van der Waals surface area contributed by atoms with Crippen molar-refractivity contribution in [3.8, 4) is 22.8 Å². The van der Waals surface area contributed by atoms with Crippen molar-refractivity contribution < 1.29 is 9.13 Å². The highest BCUT2D eigenvalue weighted by Gasteiger charge is 2.03. The third-order valence-electron chi connectivity index (χ3n) is 2.72. The Balaban J connectivity index is 1.81. The van der Waals surface area contributed by atoms with Gasteiger partial charge in [-0.3, -0.25) is 9.97 Å². The van der Waals surface area contributed by atoms with Crippen LogP contribution in [0.2, 0.25) is 0 Å². The standard InChI is InChI=1S/C16H11FN2O/c17-13-8-12(9-18-10-13)16-7-6-15(11-19-16)20-14-4-2-1-3-5-14/h1-11H. The van der Waals surface area contributed by atoms with Crippen molar-refractivity contribution in [2.24, 2.45) is 0 Å². The lowest BCUT2D eigenvalue weighted by Crippen LogP contribution is -1.88. The molecule has 4 heteroatoms. The average Bonchev–Trinajstić information content (AvgIpc) is 2.49. The van der Waals surface area contributed by atoms with Gasteiger partial charge in [-0.2, -0.15) is 0 Å². The lowest BCUT2D eigenvalue weighted by Gasteiger charge is -2.06. The molecular weight excluding hydrogens is 255 g/mol. The van der Waals surface area contributed by atoms with E-state index >= 15 is 0 Å². The summed E-state index contributed by atoms with van der Waals surface area (Å²) in [4.78, 5) is 8.06. The van der Waals surface area contributed by atoms with E-state index in [0.29, 0.717) is 17.0 Å². The van der Waals surface area contributed by atoms with Gasteiger partial charge < -0.3 is 4.74 Å². The van der Waals surface area contributed by atoms with E-state index in [1.165, 1.54) is 6.07 Å². The van der Waals surface area contributed by atoms with E-state index in [4.69, 9.17) is 4.74 Å². The van der Waals surface area contributed by atoms with Crippen molar-refractivity contribution in [1.29, 1.82) is 0 Å². The second-order valence-corrected chi connectivity index (χ2v) is 4.19. The Bertz CT molecular complexity index is 699. The molecule has 2 aromatic heterocycles. The molecule has 3 nitrogen and oxygen atoms in total. The molecule has 1 aromatic carbocycles. The summed E-state index contributed by atoms with van der Waals surface area (Å²) in [7, 11) is 0. The second-order valence-electron chi connectivity index (χ2n) is 4.19. The Morgan fingerprint density at radius 3 is 2.40 bits per heavy atom. The van der Waals surface area contributed by atoms with Gasteiger partial charge in [0.25, 0.3) is 0 Å². The number of benzene rings is 1. The summed E-state index contributed by atoms with van der Waals surface area (Å²) in [5.41, 5.74) is 1.29. The molecule has 0 amide bonds. The van der Waals surface area contributed by atoms with Crippen LogP contribution in [0.25, 0.3) is 11.3 Å². The van der Waals surface area contributed by atoms with E-state index in [2.05, 4.69) is 9.97 Å². The number of hydrogen-bond acceptors (Lipinski definition) is 3. The van der Waals surface area contributed by atoms with Gasteiger partial charge >= 0.3 is 0 Å².